The number of hydrogen-bond donors (Lipinski definition) is 2. The van der Waals surface area contributed by atoms with Crippen molar-refractivity contribution in [2.24, 2.45) is 0 Å². The summed E-state index contributed by atoms with van der Waals surface area (Å²) in [6.45, 7) is 11.3. The molecule has 2 fully saturated rings. The number of nitrogens with zero attached hydrogens (tertiary/aromatic N) is 5. The van der Waals surface area contributed by atoms with E-state index in [1.54, 1.807) is 0 Å². The van der Waals surface area contributed by atoms with E-state index in [1.165, 1.54) is 50.1 Å². The van der Waals surface area contributed by atoms with Gasteiger partial charge in [-0.2, -0.15) is 5.10 Å². The molecular formula is C29H36ClN5O4. The normalized spacial score (nSPS) is 16.5. The molecule has 2 saturated heterocycles. The highest BCUT2D eigenvalue weighted by Gasteiger charge is 2.21. The molecule has 0 spiro atoms. The van der Waals surface area contributed by atoms with Gasteiger partial charge in [0, 0.05) is 68.2 Å². The van der Waals surface area contributed by atoms with Crippen LogP contribution in [-0.2, 0) is 22.7 Å². The number of halogens is 1. The molecule has 0 aliphatic carbocycles. The zero-order valence-corrected chi connectivity index (χ0v) is 22.8. The fourth-order valence-electron chi connectivity index (χ4n) is 4.98. The second kappa shape index (κ2) is 14.2. The van der Waals surface area contributed by atoms with Gasteiger partial charge in [0.15, 0.2) is 0 Å². The van der Waals surface area contributed by atoms with E-state index in [-0.39, 0.29) is 0 Å². The molecule has 0 atom stereocenters. The minimum Gasteiger partial charge on any atom is -0.473 e. The molecule has 3 heterocycles. The van der Waals surface area contributed by atoms with Gasteiger partial charge >= 0.3 is 11.9 Å². The first-order chi connectivity index (χ1) is 18.9. The van der Waals surface area contributed by atoms with Crippen molar-refractivity contribution in [3.63, 3.8) is 0 Å². The third kappa shape index (κ3) is 8.90. The van der Waals surface area contributed by atoms with Crippen molar-refractivity contribution in [3.8, 4) is 11.3 Å². The van der Waals surface area contributed by atoms with Crippen molar-refractivity contribution in [2.75, 3.05) is 52.4 Å². The minimum absolute atomic E-state index is 0.758. The molecule has 2 aromatic carbocycles. The van der Waals surface area contributed by atoms with E-state index in [2.05, 4.69) is 68.0 Å². The SMILES string of the molecule is Clc1ccc(-c2nn(Cc3ccccc3)cc2CN2CCN(CCN3CCCC3)CC2)cc1.O=C(O)C(=O)O. The number of aromatic nitrogens is 2. The van der Waals surface area contributed by atoms with Gasteiger partial charge in [-0.15, -0.1) is 0 Å². The third-order valence-corrected chi connectivity index (χ3v) is 7.37. The van der Waals surface area contributed by atoms with E-state index < -0.39 is 11.9 Å². The maximum atomic E-state index is 9.10. The second-order valence-electron chi connectivity index (χ2n) is 9.97. The average Bonchev–Trinajstić information content (AvgIpc) is 3.60. The van der Waals surface area contributed by atoms with Crippen LogP contribution in [0.4, 0.5) is 0 Å². The molecule has 0 radical (unpaired) electrons. The van der Waals surface area contributed by atoms with Gasteiger partial charge in [-0.05, 0) is 43.6 Å². The van der Waals surface area contributed by atoms with Crippen LogP contribution in [0.2, 0.25) is 5.02 Å². The van der Waals surface area contributed by atoms with Crippen molar-refractivity contribution in [1.29, 1.82) is 0 Å². The molecule has 10 heteroatoms. The Hall–Kier alpha value is -3.24. The van der Waals surface area contributed by atoms with E-state index >= 15 is 0 Å². The molecule has 3 aromatic rings. The van der Waals surface area contributed by atoms with E-state index in [0.717, 1.165) is 55.5 Å². The first-order valence-electron chi connectivity index (χ1n) is 13.4. The number of likely N-dealkylation sites (tertiary alicyclic amines) is 1. The molecule has 39 heavy (non-hydrogen) atoms. The van der Waals surface area contributed by atoms with E-state index in [4.69, 9.17) is 36.5 Å². The van der Waals surface area contributed by atoms with Crippen LogP contribution in [0.3, 0.4) is 0 Å². The van der Waals surface area contributed by atoms with Gasteiger partial charge in [0.1, 0.15) is 0 Å². The van der Waals surface area contributed by atoms with Crippen molar-refractivity contribution in [1.82, 2.24) is 24.5 Å². The highest BCUT2D eigenvalue weighted by molar-refractivity contribution is 6.30. The van der Waals surface area contributed by atoms with Gasteiger partial charge < -0.3 is 15.1 Å². The fraction of sp³-hybridized carbons (Fsp3) is 0.414. The zero-order chi connectivity index (χ0) is 27.6. The van der Waals surface area contributed by atoms with E-state index in [0.29, 0.717) is 0 Å². The summed E-state index contributed by atoms with van der Waals surface area (Å²) in [6.07, 6.45) is 4.99. The molecule has 0 amide bonds. The molecule has 0 saturated carbocycles. The van der Waals surface area contributed by atoms with Gasteiger partial charge in [0.2, 0.25) is 0 Å². The van der Waals surface area contributed by atoms with Crippen molar-refractivity contribution < 1.29 is 19.8 Å². The summed E-state index contributed by atoms with van der Waals surface area (Å²) in [7, 11) is 0. The van der Waals surface area contributed by atoms with Crippen LogP contribution in [0.25, 0.3) is 11.3 Å². The highest BCUT2D eigenvalue weighted by Crippen LogP contribution is 2.26. The van der Waals surface area contributed by atoms with Gasteiger partial charge in [-0.1, -0.05) is 54.1 Å². The Balaban J connectivity index is 0.000000531. The number of rotatable bonds is 8. The lowest BCUT2D eigenvalue weighted by Crippen LogP contribution is -2.47. The average molecular weight is 554 g/mol. The third-order valence-electron chi connectivity index (χ3n) is 7.12. The Bertz CT molecular complexity index is 1190. The molecule has 208 valence electrons. The minimum atomic E-state index is -1.82. The van der Waals surface area contributed by atoms with Gasteiger partial charge in [0.25, 0.3) is 0 Å². The molecule has 2 N–H and O–H groups in total. The van der Waals surface area contributed by atoms with Crippen LogP contribution in [0.1, 0.15) is 24.0 Å². The second-order valence-corrected chi connectivity index (χ2v) is 10.4. The molecule has 1 aromatic heterocycles. The summed E-state index contributed by atoms with van der Waals surface area (Å²) >= 11 is 6.15. The Labute approximate surface area is 234 Å². The van der Waals surface area contributed by atoms with Crippen molar-refractivity contribution in [3.05, 3.63) is 76.9 Å². The summed E-state index contributed by atoms with van der Waals surface area (Å²) in [6, 6.07) is 18.6. The predicted octanol–water partition coefficient (Wildman–Crippen LogP) is 3.62. The smallest absolute Gasteiger partial charge is 0.414 e. The van der Waals surface area contributed by atoms with Crippen LogP contribution in [-0.4, -0.2) is 99.0 Å². The van der Waals surface area contributed by atoms with Gasteiger partial charge in [-0.25, -0.2) is 9.59 Å². The van der Waals surface area contributed by atoms with Crippen LogP contribution in [0.15, 0.2) is 60.8 Å². The lowest BCUT2D eigenvalue weighted by molar-refractivity contribution is -0.159. The Morgan fingerprint density at radius 1 is 0.744 bits per heavy atom. The van der Waals surface area contributed by atoms with Crippen molar-refractivity contribution >= 4 is 23.5 Å². The largest absolute Gasteiger partial charge is 0.473 e. The fourth-order valence-corrected chi connectivity index (χ4v) is 5.11. The van der Waals surface area contributed by atoms with Gasteiger partial charge in [0.05, 0.1) is 12.2 Å². The Kier molecular flexibility index (Phi) is 10.5. The van der Waals surface area contributed by atoms with Crippen LogP contribution in [0.5, 0.6) is 0 Å². The van der Waals surface area contributed by atoms with Crippen LogP contribution >= 0.6 is 11.6 Å². The topological polar surface area (TPSA) is 102 Å². The maximum absolute atomic E-state index is 9.10. The first-order valence-corrected chi connectivity index (χ1v) is 13.7. The molecule has 2 aliphatic heterocycles. The Morgan fingerprint density at radius 2 is 1.31 bits per heavy atom. The maximum Gasteiger partial charge on any atom is 0.414 e. The number of benzene rings is 2. The van der Waals surface area contributed by atoms with E-state index in [9.17, 15) is 0 Å². The van der Waals surface area contributed by atoms with Gasteiger partial charge in [-0.3, -0.25) is 14.5 Å². The quantitative estimate of drug-likeness (QED) is 0.408. The summed E-state index contributed by atoms with van der Waals surface area (Å²) in [5.41, 5.74) is 4.75. The Morgan fingerprint density at radius 3 is 1.90 bits per heavy atom. The number of hydrogen-bond acceptors (Lipinski definition) is 6. The number of piperazine rings is 1. The number of aliphatic carboxylic acids is 2. The molecule has 9 nitrogen and oxygen atoms in total. The summed E-state index contributed by atoms with van der Waals surface area (Å²) in [5, 5.41) is 20.5. The first kappa shape index (κ1) is 28.8. The summed E-state index contributed by atoms with van der Waals surface area (Å²) in [5.74, 6) is -3.65. The lowest BCUT2D eigenvalue weighted by atomic mass is 10.1. The molecule has 0 bridgehead atoms. The molecule has 2 aliphatic rings. The summed E-state index contributed by atoms with van der Waals surface area (Å²) < 4.78 is 2.08. The lowest BCUT2D eigenvalue weighted by Gasteiger charge is -2.35. The van der Waals surface area contributed by atoms with Crippen LogP contribution < -0.4 is 0 Å². The summed E-state index contributed by atoms with van der Waals surface area (Å²) in [4.78, 5) is 26.0. The number of carbonyl (C=O) groups is 2. The highest BCUT2D eigenvalue weighted by atomic mass is 35.5. The standard InChI is InChI=1S/C27H34ClN5.C2H2O4/c28-26-10-8-24(9-11-26)27-25(22-33(29-27)20-23-6-2-1-3-7-23)21-32-18-16-31(17-19-32)15-14-30-12-4-5-13-30;3-1(4)2(5)6/h1-3,6-11,22H,4-5,12-21H2;(H,3,4)(H,5,6). The van der Waals surface area contributed by atoms with Crippen molar-refractivity contribution in [2.45, 2.75) is 25.9 Å². The predicted molar refractivity (Wildman–Crippen MR) is 151 cm³/mol. The van der Waals surface area contributed by atoms with E-state index in [1.807, 2.05) is 12.1 Å². The molecule has 5 rings (SSSR count). The number of carboxylic acid groups (broad SMARTS) is 2. The monoisotopic (exact) mass is 553 g/mol. The van der Waals surface area contributed by atoms with Crippen LogP contribution in [0, 0.1) is 0 Å². The number of carboxylic acids is 2. The zero-order valence-electron chi connectivity index (χ0n) is 22.1. The molecular weight excluding hydrogens is 518 g/mol. The molecule has 0 unspecified atom stereocenters.